The standard InChI is InChI=1S/C21H30N6O3S/c22-21(23)25-10-4-9-24-20(30)17-14-31-13-16-11-26(12-19(29)27(16)17)18(28)8-7-15-5-2-1-3-6-15/h1-3,5-6,16-17H,4,7-14H2,(H,24,30)(H4,22,23,25). The van der Waals surface area contributed by atoms with E-state index in [1.165, 1.54) is 0 Å². The summed E-state index contributed by atoms with van der Waals surface area (Å²) in [6, 6.07) is 9.18. The number of aliphatic imine (C=N–C) groups is 1. The summed E-state index contributed by atoms with van der Waals surface area (Å²) in [5, 5.41) is 2.87. The highest BCUT2D eigenvalue weighted by Gasteiger charge is 2.43. The van der Waals surface area contributed by atoms with Gasteiger partial charge in [0.2, 0.25) is 17.7 Å². The fourth-order valence-electron chi connectivity index (χ4n) is 3.88. The highest BCUT2D eigenvalue weighted by molar-refractivity contribution is 7.99. The summed E-state index contributed by atoms with van der Waals surface area (Å²) >= 11 is 1.64. The predicted molar refractivity (Wildman–Crippen MR) is 121 cm³/mol. The summed E-state index contributed by atoms with van der Waals surface area (Å²) < 4.78 is 0. The van der Waals surface area contributed by atoms with Gasteiger partial charge in [0.1, 0.15) is 6.04 Å². The fourth-order valence-corrected chi connectivity index (χ4v) is 5.08. The van der Waals surface area contributed by atoms with Crippen molar-refractivity contribution in [1.29, 1.82) is 0 Å². The molecule has 2 atom stereocenters. The Bertz CT molecular complexity index is 815. The summed E-state index contributed by atoms with van der Waals surface area (Å²) in [6.07, 6.45) is 1.64. The molecule has 1 aromatic rings. The third-order valence-corrected chi connectivity index (χ3v) is 6.59. The summed E-state index contributed by atoms with van der Waals surface area (Å²) in [6.45, 7) is 1.38. The normalized spacial score (nSPS) is 20.7. The second-order valence-corrected chi connectivity index (χ2v) is 8.79. The van der Waals surface area contributed by atoms with Gasteiger partial charge in [0.15, 0.2) is 5.96 Å². The van der Waals surface area contributed by atoms with Gasteiger partial charge in [-0.15, -0.1) is 0 Å². The van der Waals surface area contributed by atoms with E-state index >= 15 is 0 Å². The third-order valence-electron chi connectivity index (χ3n) is 5.41. The lowest BCUT2D eigenvalue weighted by Gasteiger charge is -2.47. The summed E-state index contributed by atoms with van der Waals surface area (Å²) in [5.74, 6) is 0.962. The van der Waals surface area contributed by atoms with Gasteiger partial charge >= 0.3 is 0 Å². The van der Waals surface area contributed by atoms with Crippen LogP contribution in [0.25, 0.3) is 0 Å². The molecule has 0 bridgehead atoms. The number of carbonyl (C=O) groups excluding carboxylic acids is 3. The summed E-state index contributed by atoms with van der Waals surface area (Å²) in [4.78, 5) is 45.5. The number of piperazine rings is 1. The molecule has 0 aliphatic carbocycles. The number of hydrogen-bond acceptors (Lipinski definition) is 5. The molecule has 10 heteroatoms. The maximum atomic E-state index is 12.9. The van der Waals surface area contributed by atoms with Gasteiger partial charge < -0.3 is 26.6 Å². The van der Waals surface area contributed by atoms with E-state index in [-0.39, 0.29) is 36.3 Å². The summed E-state index contributed by atoms with van der Waals surface area (Å²) in [5.41, 5.74) is 11.7. The molecule has 0 spiro atoms. The van der Waals surface area contributed by atoms with Crippen LogP contribution in [0.1, 0.15) is 18.4 Å². The van der Waals surface area contributed by atoms with Gasteiger partial charge in [-0.25, -0.2) is 0 Å². The molecule has 2 unspecified atom stereocenters. The maximum absolute atomic E-state index is 12.9. The first kappa shape index (κ1) is 22.9. The molecule has 2 aliphatic heterocycles. The molecular formula is C21H30N6O3S. The topological polar surface area (TPSA) is 134 Å². The number of carbonyl (C=O) groups is 3. The van der Waals surface area contributed by atoms with Crippen LogP contribution in [0.2, 0.25) is 0 Å². The minimum atomic E-state index is -0.513. The Hall–Kier alpha value is -2.75. The van der Waals surface area contributed by atoms with Crippen LogP contribution in [0.15, 0.2) is 35.3 Å². The van der Waals surface area contributed by atoms with Gasteiger partial charge in [-0.3, -0.25) is 19.4 Å². The molecule has 2 aliphatic rings. The van der Waals surface area contributed by atoms with Crippen molar-refractivity contribution in [2.24, 2.45) is 16.5 Å². The number of thioether (sulfide) groups is 1. The van der Waals surface area contributed by atoms with Gasteiger partial charge in [-0.2, -0.15) is 11.8 Å². The first-order valence-electron chi connectivity index (χ1n) is 10.5. The van der Waals surface area contributed by atoms with E-state index in [4.69, 9.17) is 11.5 Å². The van der Waals surface area contributed by atoms with Gasteiger partial charge in [0, 0.05) is 37.6 Å². The number of fused-ring (bicyclic) bond motifs is 1. The lowest BCUT2D eigenvalue weighted by molar-refractivity contribution is -0.153. The minimum Gasteiger partial charge on any atom is -0.370 e. The van der Waals surface area contributed by atoms with Crippen molar-refractivity contribution in [1.82, 2.24) is 15.1 Å². The molecule has 0 aromatic heterocycles. The van der Waals surface area contributed by atoms with Crippen LogP contribution in [0.4, 0.5) is 0 Å². The molecule has 5 N–H and O–H groups in total. The molecule has 31 heavy (non-hydrogen) atoms. The van der Waals surface area contributed by atoms with Crippen LogP contribution in [0, 0.1) is 0 Å². The lowest BCUT2D eigenvalue weighted by atomic mass is 10.1. The Labute approximate surface area is 186 Å². The molecule has 9 nitrogen and oxygen atoms in total. The van der Waals surface area contributed by atoms with Crippen LogP contribution in [-0.4, -0.2) is 83.2 Å². The fraction of sp³-hybridized carbons (Fsp3) is 0.524. The zero-order valence-corrected chi connectivity index (χ0v) is 18.4. The number of guanidine groups is 1. The second-order valence-electron chi connectivity index (χ2n) is 7.72. The van der Waals surface area contributed by atoms with Crippen LogP contribution in [0.5, 0.6) is 0 Å². The van der Waals surface area contributed by atoms with Crippen molar-refractivity contribution in [3.8, 4) is 0 Å². The smallest absolute Gasteiger partial charge is 0.243 e. The third kappa shape index (κ3) is 6.36. The van der Waals surface area contributed by atoms with Crippen LogP contribution >= 0.6 is 11.8 Å². The first-order chi connectivity index (χ1) is 15.0. The summed E-state index contributed by atoms with van der Waals surface area (Å²) in [7, 11) is 0. The van der Waals surface area contributed by atoms with E-state index in [9.17, 15) is 14.4 Å². The molecule has 168 valence electrons. The van der Waals surface area contributed by atoms with Crippen molar-refractivity contribution < 1.29 is 14.4 Å². The van der Waals surface area contributed by atoms with E-state index in [2.05, 4.69) is 10.3 Å². The zero-order chi connectivity index (χ0) is 22.2. The highest BCUT2D eigenvalue weighted by atomic mass is 32.2. The van der Waals surface area contributed by atoms with Crippen molar-refractivity contribution in [2.75, 3.05) is 37.7 Å². The van der Waals surface area contributed by atoms with Gasteiger partial charge in [0.25, 0.3) is 0 Å². The molecular weight excluding hydrogens is 416 g/mol. The molecule has 3 amide bonds. The zero-order valence-electron chi connectivity index (χ0n) is 17.5. The van der Waals surface area contributed by atoms with Crippen molar-refractivity contribution >= 4 is 35.4 Å². The quantitative estimate of drug-likeness (QED) is 0.281. The molecule has 2 fully saturated rings. The molecule has 3 rings (SSSR count). The van der Waals surface area contributed by atoms with Crippen molar-refractivity contribution in [3.63, 3.8) is 0 Å². The molecule has 2 heterocycles. The number of nitrogens with one attached hydrogen (secondary N) is 1. The predicted octanol–water partition coefficient (Wildman–Crippen LogP) is -0.446. The van der Waals surface area contributed by atoms with Gasteiger partial charge in [0.05, 0.1) is 12.6 Å². The SMILES string of the molecule is NC(N)=NCCCNC(=O)C1CSCC2CN(C(=O)CCc3ccccc3)CC(=O)N21. The number of hydrogen-bond donors (Lipinski definition) is 3. The number of amides is 3. The molecule has 0 radical (unpaired) electrons. The minimum absolute atomic E-state index is 0.0202. The average Bonchev–Trinajstić information content (AvgIpc) is 2.77. The van der Waals surface area contributed by atoms with E-state index in [0.717, 1.165) is 11.3 Å². The van der Waals surface area contributed by atoms with Crippen LogP contribution < -0.4 is 16.8 Å². The lowest BCUT2D eigenvalue weighted by Crippen LogP contribution is -2.66. The number of benzene rings is 1. The van der Waals surface area contributed by atoms with E-state index in [1.807, 2.05) is 30.3 Å². The second kappa shape index (κ2) is 11.0. The Morgan fingerprint density at radius 3 is 2.71 bits per heavy atom. The highest BCUT2D eigenvalue weighted by Crippen LogP contribution is 2.26. The monoisotopic (exact) mass is 446 g/mol. The van der Waals surface area contributed by atoms with E-state index < -0.39 is 6.04 Å². The largest absolute Gasteiger partial charge is 0.370 e. The number of rotatable bonds is 8. The van der Waals surface area contributed by atoms with Gasteiger partial charge in [-0.1, -0.05) is 30.3 Å². The average molecular weight is 447 g/mol. The Morgan fingerprint density at radius 2 is 1.97 bits per heavy atom. The molecule has 1 aromatic carbocycles. The molecule has 2 saturated heterocycles. The Balaban J connectivity index is 1.52. The van der Waals surface area contributed by atoms with Crippen molar-refractivity contribution in [2.45, 2.75) is 31.3 Å². The van der Waals surface area contributed by atoms with E-state index in [1.54, 1.807) is 21.6 Å². The first-order valence-corrected chi connectivity index (χ1v) is 11.6. The van der Waals surface area contributed by atoms with Crippen LogP contribution in [0.3, 0.4) is 0 Å². The van der Waals surface area contributed by atoms with Gasteiger partial charge in [-0.05, 0) is 18.4 Å². The number of nitrogens with zero attached hydrogens (tertiary/aromatic N) is 3. The Kier molecular flexibility index (Phi) is 8.16. The van der Waals surface area contributed by atoms with Crippen LogP contribution in [-0.2, 0) is 20.8 Å². The molecule has 0 saturated carbocycles. The van der Waals surface area contributed by atoms with E-state index in [0.29, 0.717) is 44.6 Å². The Morgan fingerprint density at radius 1 is 1.19 bits per heavy atom. The maximum Gasteiger partial charge on any atom is 0.243 e. The number of aryl methyl sites for hydroxylation is 1. The van der Waals surface area contributed by atoms with Crippen molar-refractivity contribution in [3.05, 3.63) is 35.9 Å². The number of nitrogens with two attached hydrogens (primary N) is 2.